The maximum atomic E-state index is 12.2. The number of hydrogen-bond acceptors (Lipinski definition) is 12. The van der Waals surface area contributed by atoms with Gasteiger partial charge in [0, 0.05) is 45.4 Å². The third-order valence-electron chi connectivity index (χ3n) is 9.23. The van der Waals surface area contributed by atoms with Crippen molar-refractivity contribution in [1.82, 2.24) is 39.7 Å². The van der Waals surface area contributed by atoms with Crippen LogP contribution in [0.4, 0.5) is 0 Å². The first-order chi connectivity index (χ1) is 26.5. The van der Waals surface area contributed by atoms with E-state index in [2.05, 4.69) is 57.7 Å². The fraction of sp³-hybridized carbons (Fsp3) is 0.316. The molecule has 0 saturated heterocycles. The highest BCUT2D eigenvalue weighted by Gasteiger charge is 2.23. The lowest BCUT2D eigenvalue weighted by atomic mass is 9.79. The SMILES string of the molecule is CC.Cc1noc(C)c1-c1cc(-c2c(C)noc2C)c2c(c1)[nH]c(=O)n2C.Cc1noc(C)c1-c1cc(I)c2c(c1)[nH]c(=O)n2C.Cc1noc(C)c1B(O)O. The van der Waals surface area contributed by atoms with Gasteiger partial charge in [0.15, 0.2) is 0 Å². The van der Waals surface area contributed by atoms with E-state index in [0.717, 1.165) is 87.6 Å². The lowest BCUT2D eigenvalue weighted by Gasteiger charge is -2.09. The molecule has 4 N–H and O–H groups in total. The predicted molar refractivity (Wildman–Crippen MR) is 222 cm³/mol. The summed E-state index contributed by atoms with van der Waals surface area (Å²) in [5.41, 5.74) is 12.0. The van der Waals surface area contributed by atoms with Gasteiger partial charge in [-0.05, 0) is 113 Å². The van der Waals surface area contributed by atoms with Gasteiger partial charge < -0.3 is 38.1 Å². The molecule has 56 heavy (non-hydrogen) atoms. The summed E-state index contributed by atoms with van der Waals surface area (Å²) in [5.74, 6) is 2.68. The van der Waals surface area contributed by atoms with Gasteiger partial charge in [0.25, 0.3) is 0 Å². The highest BCUT2D eigenvalue weighted by molar-refractivity contribution is 14.1. The molecule has 0 amide bonds. The van der Waals surface area contributed by atoms with Crippen LogP contribution in [0.1, 0.15) is 59.7 Å². The minimum Gasteiger partial charge on any atom is -0.423 e. The van der Waals surface area contributed by atoms with Crippen molar-refractivity contribution in [2.45, 2.75) is 69.2 Å². The van der Waals surface area contributed by atoms with Crippen molar-refractivity contribution in [2.24, 2.45) is 14.1 Å². The van der Waals surface area contributed by atoms with E-state index in [9.17, 15) is 9.59 Å². The second kappa shape index (κ2) is 16.7. The van der Waals surface area contributed by atoms with Crippen molar-refractivity contribution in [3.05, 3.63) is 94.6 Å². The molecule has 294 valence electrons. The summed E-state index contributed by atoms with van der Waals surface area (Å²) in [6.07, 6.45) is 0. The van der Waals surface area contributed by atoms with E-state index >= 15 is 0 Å². The lowest BCUT2D eigenvalue weighted by Crippen LogP contribution is -2.32. The van der Waals surface area contributed by atoms with E-state index in [1.807, 2.05) is 79.7 Å². The maximum absolute atomic E-state index is 12.2. The number of nitrogens with zero attached hydrogens (tertiary/aromatic N) is 6. The van der Waals surface area contributed by atoms with Gasteiger partial charge in [0.2, 0.25) is 0 Å². The van der Waals surface area contributed by atoms with E-state index in [1.54, 1.807) is 37.1 Å². The van der Waals surface area contributed by atoms with E-state index in [1.165, 1.54) is 0 Å². The van der Waals surface area contributed by atoms with Gasteiger partial charge in [-0.2, -0.15) is 0 Å². The Hall–Kier alpha value is -5.47. The number of halogens is 1. The molecule has 0 atom stereocenters. The van der Waals surface area contributed by atoms with Gasteiger partial charge in [-0.25, -0.2) is 9.59 Å². The van der Waals surface area contributed by atoms with Crippen LogP contribution in [-0.2, 0) is 14.1 Å². The summed E-state index contributed by atoms with van der Waals surface area (Å²) in [5, 5.41) is 33.1. The lowest BCUT2D eigenvalue weighted by molar-refractivity contribution is 0.392. The molecule has 0 saturated carbocycles. The maximum Gasteiger partial charge on any atom is 0.494 e. The van der Waals surface area contributed by atoms with Crippen molar-refractivity contribution in [3.8, 4) is 33.4 Å². The van der Waals surface area contributed by atoms with E-state index in [-0.39, 0.29) is 11.4 Å². The average Bonchev–Trinajstić information content (AvgIpc) is 3.97. The van der Waals surface area contributed by atoms with Crippen LogP contribution < -0.4 is 16.8 Å². The van der Waals surface area contributed by atoms with Crippen LogP contribution in [0.25, 0.3) is 55.4 Å². The van der Waals surface area contributed by atoms with E-state index in [0.29, 0.717) is 22.7 Å². The van der Waals surface area contributed by atoms with Crippen molar-refractivity contribution in [2.75, 3.05) is 0 Å². The van der Waals surface area contributed by atoms with Crippen LogP contribution in [0.5, 0.6) is 0 Å². The Labute approximate surface area is 335 Å². The van der Waals surface area contributed by atoms with Gasteiger partial charge in [0.05, 0.1) is 44.8 Å². The Balaban J connectivity index is 0.000000171. The molecule has 8 aromatic rings. The molecule has 6 aromatic heterocycles. The van der Waals surface area contributed by atoms with Crippen LogP contribution in [0.2, 0.25) is 0 Å². The summed E-state index contributed by atoms with van der Waals surface area (Å²) in [7, 11) is 2.03. The van der Waals surface area contributed by atoms with E-state index < -0.39 is 7.12 Å². The third kappa shape index (κ3) is 7.81. The topological polar surface area (TPSA) is 220 Å². The molecule has 0 aliphatic rings. The molecule has 0 aliphatic heterocycles. The van der Waals surface area contributed by atoms with Gasteiger partial charge in [0.1, 0.15) is 23.0 Å². The highest BCUT2D eigenvalue weighted by atomic mass is 127. The Morgan fingerprint density at radius 2 is 0.982 bits per heavy atom. The number of H-pyrrole nitrogens is 2. The Morgan fingerprint density at radius 1 is 0.589 bits per heavy atom. The zero-order chi connectivity index (χ0) is 41.3. The largest absolute Gasteiger partial charge is 0.494 e. The Kier molecular flexibility index (Phi) is 12.4. The number of imidazole rings is 2. The monoisotopic (exact) mass is 878 g/mol. The van der Waals surface area contributed by atoms with E-state index in [4.69, 9.17) is 23.6 Å². The van der Waals surface area contributed by atoms with Crippen LogP contribution in [0, 0.1) is 59.0 Å². The first kappa shape index (κ1) is 41.7. The zero-order valence-electron chi connectivity index (χ0n) is 33.3. The first-order valence-electron chi connectivity index (χ1n) is 17.7. The van der Waals surface area contributed by atoms with Crippen LogP contribution in [0.15, 0.2) is 51.9 Å². The van der Waals surface area contributed by atoms with Gasteiger partial charge >= 0.3 is 18.5 Å². The standard InChI is InChI=1S/C18H18N4O3.C13H12IN3O2.C5H8BNO3.C2H6/c1-8-15(10(3)24-20-8)12-6-13(16-9(2)21-25-11(16)4)17-14(7-12)19-18(23)22(17)5;1-6-11(7(2)19-16-6)8-4-9(14)12-10(5-8)15-13(18)17(12)3;1-3-5(6(8)9)4(2)10-7-3;1-2/h6-7H,1-5H3,(H,19,23);4-5H,1-3H3,(H,15,18);8-9H,1-2H3;1-2H3. The molecule has 18 heteroatoms. The number of fused-ring (bicyclic) bond motifs is 2. The Morgan fingerprint density at radius 3 is 1.38 bits per heavy atom. The second-order valence-corrected chi connectivity index (χ2v) is 14.1. The van der Waals surface area contributed by atoms with Crippen molar-refractivity contribution in [1.29, 1.82) is 0 Å². The molecular formula is C38H44BIN8O8. The molecule has 6 heterocycles. The molecule has 0 unspecified atom stereocenters. The van der Waals surface area contributed by atoms with Crippen LogP contribution >= 0.6 is 22.6 Å². The fourth-order valence-corrected chi connectivity index (χ4v) is 7.71. The normalized spacial score (nSPS) is 10.9. The highest BCUT2D eigenvalue weighted by Crippen LogP contribution is 2.38. The molecule has 0 radical (unpaired) electrons. The smallest absolute Gasteiger partial charge is 0.423 e. The number of benzene rings is 2. The number of hydrogen-bond donors (Lipinski definition) is 4. The first-order valence-corrected chi connectivity index (χ1v) is 18.8. The summed E-state index contributed by atoms with van der Waals surface area (Å²) in [4.78, 5) is 29.7. The van der Waals surface area contributed by atoms with Crippen molar-refractivity contribution < 1.29 is 28.1 Å². The number of aryl methyl sites for hydroxylation is 10. The molecule has 0 aliphatic carbocycles. The average molecular weight is 879 g/mol. The summed E-state index contributed by atoms with van der Waals surface area (Å²) >= 11 is 2.24. The van der Waals surface area contributed by atoms with Gasteiger partial charge in [-0.3, -0.25) is 9.13 Å². The van der Waals surface area contributed by atoms with Gasteiger partial charge in [-0.15, -0.1) is 0 Å². The second-order valence-electron chi connectivity index (χ2n) is 13.0. The number of rotatable bonds is 4. The minimum atomic E-state index is -1.48. The molecule has 0 fully saturated rings. The Bertz CT molecular complexity index is 2710. The molecule has 2 aromatic carbocycles. The quantitative estimate of drug-likeness (QED) is 0.116. The number of nitrogens with one attached hydrogen (secondary N) is 2. The molecule has 0 spiro atoms. The van der Waals surface area contributed by atoms with Crippen molar-refractivity contribution in [3.63, 3.8) is 0 Å². The summed E-state index contributed by atoms with van der Waals surface area (Å²) in [6, 6.07) is 7.99. The minimum absolute atomic E-state index is 0.108. The third-order valence-corrected chi connectivity index (χ3v) is 10.1. The number of aromatic amines is 2. The zero-order valence-corrected chi connectivity index (χ0v) is 35.4. The molecular weight excluding hydrogens is 834 g/mol. The van der Waals surface area contributed by atoms with Crippen LogP contribution in [0.3, 0.4) is 0 Å². The number of aromatic nitrogens is 8. The van der Waals surface area contributed by atoms with Gasteiger partial charge in [-0.1, -0.05) is 34.5 Å². The molecule has 16 nitrogen and oxygen atoms in total. The van der Waals surface area contributed by atoms with Crippen LogP contribution in [-0.4, -0.2) is 56.9 Å². The molecule has 0 bridgehead atoms. The summed E-state index contributed by atoms with van der Waals surface area (Å²) < 4.78 is 24.8. The summed E-state index contributed by atoms with van der Waals surface area (Å²) in [6.45, 7) is 18.6. The fourth-order valence-electron chi connectivity index (χ4n) is 6.72. The predicted octanol–water partition coefficient (Wildman–Crippen LogP) is 6.15. The van der Waals surface area contributed by atoms with Crippen molar-refractivity contribution >= 4 is 57.2 Å². The molecule has 8 rings (SSSR count).